The van der Waals surface area contributed by atoms with Gasteiger partial charge in [0.1, 0.15) is 5.82 Å². The molecule has 0 spiro atoms. The number of fused-ring (bicyclic) bond motifs is 1. The summed E-state index contributed by atoms with van der Waals surface area (Å²) in [5, 5.41) is 10.4. The van der Waals surface area contributed by atoms with E-state index in [1.807, 2.05) is 17.2 Å². The molecule has 1 fully saturated rings. The minimum absolute atomic E-state index is 0. The summed E-state index contributed by atoms with van der Waals surface area (Å²) < 4.78 is 13.6. The van der Waals surface area contributed by atoms with Crippen molar-refractivity contribution in [2.75, 3.05) is 19.6 Å². The van der Waals surface area contributed by atoms with Gasteiger partial charge in [-0.15, -0.1) is 12.4 Å². The smallest absolute Gasteiger partial charge is 0.226 e. The number of aromatic amines is 1. The van der Waals surface area contributed by atoms with Gasteiger partial charge >= 0.3 is 0 Å². The summed E-state index contributed by atoms with van der Waals surface area (Å²) in [6, 6.07) is 6.47. The lowest BCUT2D eigenvalue weighted by molar-refractivity contribution is -0.139. The third-order valence-electron chi connectivity index (χ3n) is 5.13. The lowest BCUT2D eigenvalue weighted by Gasteiger charge is -2.39. The van der Waals surface area contributed by atoms with Crippen LogP contribution in [0.25, 0.3) is 0 Å². The number of amides is 1. The number of halogens is 2. The number of aromatic nitrogens is 2. The zero-order valence-corrected chi connectivity index (χ0v) is 14.7. The van der Waals surface area contributed by atoms with Gasteiger partial charge in [-0.1, -0.05) is 12.1 Å². The molecule has 1 aliphatic carbocycles. The van der Waals surface area contributed by atoms with Gasteiger partial charge in [0.15, 0.2) is 0 Å². The fourth-order valence-corrected chi connectivity index (χ4v) is 3.83. The number of hydrogen-bond donors (Lipinski definition) is 2. The number of nitrogens with zero attached hydrogens (tertiary/aromatic N) is 2. The predicted molar refractivity (Wildman–Crippen MR) is 95.1 cm³/mol. The third kappa shape index (κ3) is 3.55. The van der Waals surface area contributed by atoms with Gasteiger partial charge in [0, 0.05) is 37.7 Å². The summed E-state index contributed by atoms with van der Waals surface area (Å²) in [6.45, 7) is 2.10. The van der Waals surface area contributed by atoms with E-state index < -0.39 is 0 Å². The topological polar surface area (TPSA) is 61.0 Å². The first-order valence-corrected chi connectivity index (χ1v) is 8.50. The Kier molecular flexibility index (Phi) is 5.39. The van der Waals surface area contributed by atoms with Gasteiger partial charge in [-0.3, -0.25) is 9.89 Å². The molecule has 0 radical (unpaired) electrons. The molecule has 1 aromatic carbocycles. The van der Waals surface area contributed by atoms with Crippen LogP contribution in [-0.2, 0) is 17.6 Å². The molecule has 25 heavy (non-hydrogen) atoms. The number of piperazine rings is 1. The van der Waals surface area contributed by atoms with Crippen LogP contribution < -0.4 is 5.32 Å². The Morgan fingerprint density at radius 3 is 3.08 bits per heavy atom. The normalized spacial score (nSPS) is 22.8. The van der Waals surface area contributed by atoms with Gasteiger partial charge in [0.05, 0.1) is 12.2 Å². The second kappa shape index (κ2) is 7.54. The monoisotopic (exact) mass is 364 g/mol. The molecular formula is C18H22ClFN4O. The van der Waals surface area contributed by atoms with E-state index in [1.165, 1.54) is 17.7 Å². The van der Waals surface area contributed by atoms with Crippen molar-refractivity contribution in [1.82, 2.24) is 20.4 Å². The van der Waals surface area contributed by atoms with E-state index in [-0.39, 0.29) is 36.1 Å². The van der Waals surface area contributed by atoms with E-state index in [4.69, 9.17) is 0 Å². The molecule has 0 saturated carbocycles. The number of aryl methyl sites for hydroxylation is 1. The van der Waals surface area contributed by atoms with Crippen molar-refractivity contribution in [3.63, 3.8) is 0 Å². The van der Waals surface area contributed by atoms with E-state index in [1.54, 1.807) is 6.07 Å². The molecule has 0 bridgehead atoms. The van der Waals surface area contributed by atoms with Crippen molar-refractivity contribution in [3.05, 3.63) is 53.1 Å². The lowest BCUT2D eigenvalue weighted by atomic mass is 9.86. The summed E-state index contributed by atoms with van der Waals surface area (Å²) in [5.74, 6) is -0.108. The molecule has 1 aromatic heterocycles. The highest BCUT2D eigenvalue weighted by Gasteiger charge is 2.34. The second-order valence-corrected chi connectivity index (χ2v) is 6.62. The van der Waals surface area contributed by atoms with Crippen molar-refractivity contribution in [3.8, 4) is 0 Å². The molecule has 2 heterocycles. The molecule has 2 atom stereocenters. The van der Waals surface area contributed by atoms with Crippen LogP contribution in [0.4, 0.5) is 4.39 Å². The number of rotatable bonds is 2. The zero-order chi connectivity index (χ0) is 16.5. The minimum atomic E-state index is -0.259. The van der Waals surface area contributed by atoms with Crippen LogP contribution in [0.2, 0.25) is 0 Å². The van der Waals surface area contributed by atoms with E-state index in [9.17, 15) is 9.18 Å². The molecule has 2 aliphatic rings. The highest BCUT2D eigenvalue weighted by Crippen LogP contribution is 2.30. The molecule has 7 heteroatoms. The molecule has 1 saturated heterocycles. The van der Waals surface area contributed by atoms with Crippen molar-refractivity contribution in [1.29, 1.82) is 0 Å². The maximum absolute atomic E-state index is 13.6. The van der Waals surface area contributed by atoms with Gasteiger partial charge in [0.25, 0.3) is 0 Å². The number of nitrogens with one attached hydrogen (secondary N) is 2. The molecule has 134 valence electrons. The number of carbonyl (C=O) groups excluding carboxylic acids is 1. The van der Waals surface area contributed by atoms with Crippen LogP contribution in [0.5, 0.6) is 0 Å². The van der Waals surface area contributed by atoms with E-state index in [0.29, 0.717) is 19.5 Å². The Labute approximate surface area is 152 Å². The Morgan fingerprint density at radius 2 is 2.24 bits per heavy atom. The van der Waals surface area contributed by atoms with Gasteiger partial charge in [-0.2, -0.15) is 5.10 Å². The predicted octanol–water partition coefficient (Wildman–Crippen LogP) is 2.25. The summed E-state index contributed by atoms with van der Waals surface area (Å²) in [5.41, 5.74) is 3.16. The molecule has 1 amide bonds. The second-order valence-electron chi connectivity index (χ2n) is 6.62. The average Bonchev–Trinajstić information content (AvgIpc) is 3.09. The number of carbonyl (C=O) groups is 1. The van der Waals surface area contributed by atoms with E-state index >= 15 is 0 Å². The Balaban J connectivity index is 0.00000182. The zero-order valence-electron chi connectivity index (χ0n) is 13.9. The van der Waals surface area contributed by atoms with Crippen LogP contribution in [0, 0.1) is 11.7 Å². The maximum atomic E-state index is 13.6. The number of hydrogen-bond acceptors (Lipinski definition) is 3. The lowest BCUT2D eigenvalue weighted by Crippen LogP contribution is -2.51. The van der Waals surface area contributed by atoms with Gasteiger partial charge in [-0.25, -0.2) is 4.39 Å². The minimum Gasteiger partial charge on any atom is -0.333 e. The summed E-state index contributed by atoms with van der Waals surface area (Å²) in [7, 11) is 0. The first-order chi connectivity index (χ1) is 11.7. The standard InChI is InChI=1S/C18H21FN4O.ClH/c19-15-3-1-2-12(8-15)17-11-20-6-7-23(17)18(24)13-4-5-14-10-21-22-16(14)9-13;/h1-3,8,10,13,17,20H,4-7,9,11H2,(H,21,22);1H. The Bertz CT molecular complexity index is 750. The SMILES string of the molecule is Cl.O=C(C1CCc2cn[nH]c2C1)N1CCNCC1c1cccc(F)c1. The molecular weight excluding hydrogens is 343 g/mol. The first-order valence-electron chi connectivity index (χ1n) is 8.50. The first kappa shape index (κ1) is 17.9. The molecule has 5 nitrogen and oxygen atoms in total. The van der Waals surface area contributed by atoms with Gasteiger partial charge < -0.3 is 10.2 Å². The van der Waals surface area contributed by atoms with Crippen molar-refractivity contribution < 1.29 is 9.18 Å². The van der Waals surface area contributed by atoms with Crippen molar-refractivity contribution in [2.45, 2.75) is 25.3 Å². The van der Waals surface area contributed by atoms with Crippen LogP contribution >= 0.6 is 12.4 Å². The summed E-state index contributed by atoms with van der Waals surface area (Å²) >= 11 is 0. The highest BCUT2D eigenvalue weighted by atomic mass is 35.5. The summed E-state index contributed by atoms with van der Waals surface area (Å²) in [4.78, 5) is 15.1. The Morgan fingerprint density at radius 1 is 1.36 bits per heavy atom. The maximum Gasteiger partial charge on any atom is 0.226 e. The van der Waals surface area contributed by atoms with Gasteiger partial charge in [-0.05, 0) is 36.1 Å². The number of benzene rings is 1. The van der Waals surface area contributed by atoms with Crippen molar-refractivity contribution in [2.24, 2.45) is 5.92 Å². The number of H-pyrrole nitrogens is 1. The van der Waals surface area contributed by atoms with E-state index in [2.05, 4.69) is 15.5 Å². The van der Waals surface area contributed by atoms with Crippen LogP contribution in [0.15, 0.2) is 30.5 Å². The molecule has 2 N–H and O–H groups in total. The van der Waals surface area contributed by atoms with Gasteiger partial charge in [0.2, 0.25) is 5.91 Å². The fraction of sp³-hybridized carbons (Fsp3) is 0.444. The average molecular weight is 365 g/mol. The molecule has 2 aromatic rings. The molecule has 1 aliphatic heterocycles. The van der Waals surface area contributed by atoms with E-state index in [0.717, 1.165) is 30.6 Å². The Hall–Kier alpha value is -1.92. The fourth-order valence-electron chi connectivity index (χ4n) is 3.83. The quantitative estimate of drug-likeness (QED) is 0.859. The van der Waals surface area contributed by atoms with Crippen LogP contribution in [0.1, 0.15) is 29.3 Å². The molecule has 2 unspecified atom stereocenters. The molecule has 4 rings (SSSR count). The van der Waals surface area contributed by atoms with Crippen LogP contribution in [-0.4, -0.2) is 40.6 Å². The largest absolute Gasteiger partial charge is 0.333 e. The van der Waals surface area contributed by atoms with Crippen molar-refractivity contribution >= 4 is 18.3 Å². The van der Waals surface area contributed by atoms with Crippen LogP contribution in [0.3, 0.4) is 0 Å². The summed E-state index contributed by atoms with van der Waals surface area (Å²) in [6.07, 6.45) is 4.31. The third-order valence-corrected chi connectivity index (χ3v) is 5.13. The highest BCUT2D eigenvalue weighted by molar-refractivity contribution is 5.85.